The molecular formula is C30H33N7O3S. The van der Waals surface area contributed by atoms with Crippen LogP contribution in [0.1, 0.15) is 30.6 Å². The number of hydrogen-bond acceptors (Lipinski definition) is 10. The van der Waals surface area contributed by atoms with Gasteiger partial charge in [-0.2, -0.15) is 10.1 Å². The summed E-state index contributed by atoms with van der Waals surface area (Å²) >= 11 is 1.55. The van der Waals surface area contributed by atoms with Gasteiger partial charge in [-0.05, 0) is 43.5 Å². The van der Waals surface area contributed by atoms with Gasteiger partial charge < -0.3 is 26.0 Å². The van der Waals surface area contributed by atoms with Gasteiger partial charge in [-0.1, -0.05) is 36.4 Å². The maximum absolute atomic E-state index is 10.7. The summed E-state index contributed by atoms with van der Waals surface area (Å²) in [6.45, 7) is 3.77. The van der Waals surface area contributed by atoms with Crippen molar-refractivity contribution in [3.05, 3.63) is 72.2 Å². The summed E-state index contributed by atoms with van der Waals surface area (Å²) < 4.78 is 2.83. The molecule has 5 N–H and O–H groups in total. The number of aromatic nitrogens is 5. The summed E-state index contributed by atoms with van der Waals surface area (Å²) in [6, 6.07) is 15.7. The molecule has 6 rings (SSSR count). The minimum absolute atomic E-state index is 0.0869. The van der Waals surface area contributed by atoms with Crippen molar-refractivity contribution in [3.8, 4) is 21.7 Å². The van der Waals surface area contributed by atoms with Crippen LogP contribution in [0, 0.1) is 12.8 Å². The fraction of sp³-hybridized carbons (Fsp3) is 0.333. The molecular weight excluding hydrogens is 538 g/mol. The topological polar surface area (TPSA) is 141 Å². The molecule has 2 aromatic carbocycles. The van der Waals surface area contributed by atoms with E-state index in [4.69, 9.17) is 15.0 Å². The molecule has 212 valence electrons. The lowest BCUT2D eigenvalue weighted by Gasteiger charge is -2.22. The van der Waals surface area contributed by atoms with Crippen molar-refractivity contribution in [2.45, 2.75) is 44.6 Å². The standard InChI is InChI=1S/C30H33N7O3S/c1-16(18-8-10-19(11-9-18)21-13-31-37(3)14-21)32-30-33-17(2)25(29-35-22-6-4-5-7-24(22)41-29)28(36-30)34-23-12-20(15-38)26(39)27(23)40/h4-11,13-14,16,20,23,26-27,38-40H,12,15H2,1-3H3,(H2,32,33,34,36)/t16-,20-,23-,26-,27+/m1/s1. The maximum atomic E-state index is 10.7. The van der Waals surface area contributed by atoms with Gasteiger partial charge in [-0.3, -0.25) is 4.68 Å². The number of aliphatic hydroxyl groups is 3. The van der Waals surface area contributed by atoms with Gasteiger partial charge in [-0.15, -0.1) is 11.3 Å². The van der Waals surface area contributed by atoms with Gasteiger partial charge in [0.05, 0.1) is 45.9 Å². The Morgan fingerprint density at radius 3 is 2.49 bits per heavy atom. The van der Waals surface area contributed by atoms with Crippen molar-refractivity contribution in [3.63, 3.8) is 0 Å². The number of aryl methyl sites for hydroxylation is 2. The molecule has 1 fully saturated rings. The maximum Gasteiger partial charge on any atom is 0.225 e. The van der Waals surface area contributed by atoms with Gasteiger partial charge in [0.1, 0.15) is 16.9 Å². The Kier molecular flexibility index (Phi) is 7.43. The average molecular weight is 572 g/mol. The van der Waals surface area contributed by atoms with Crippen LogP contribution >= 0.6 is 11.3 Å². The fourth-order valence-corrected chi connectivity index (χ4v) is 6.48. The molecule has 5 aromatic rings. The molecule has 11 heteroatoms. The zero-order valence-corrected chi connectivity index (χ0v) is 23.9. The summed E-state index contributed by atoms with van der Waals surface area (Å²) in [5.74, 6) is 0.544. The first-order chi connectivity index (χ1) is 19.8. The number of rotatable bonds is 8. The number of nitrogens with zero attached hydrogens (tertiary/aromatic N) is 5. The van der Waals surface area contributed by atoms with Gasteiger partial charge in [-0.25, -0.2) is 9.97 Å². The highest BCUT2D eigenvalue weighted by atomic mass is 32.1. The highest BCUT2D eigenvalue weighted by Gasteiger charge is 2.41. The third kappa shape index (κ3) is 5.41. The minimum Gasteiger partial charge on any atom is -0.396 e. The highest BCUT2D eigenvalue weighted by molar-refractivity contribution is 7.21. The quantitative estimate of drug-likeness (QED) is 0.186. The normalized spacial score (nSPS) is 21.3. The Labute approximate surface area is 241 Å². The molecule has 1 aliphatic rings. The number of anilines is 2. The van der Waals surface area contributed by atoms with E-state index in [9.17, 15) is 15.3 Å². The Morgan fingerprint density at radius 2 is 1.80 bits per heavy atom. The zero-order chi connectivity index (χ0) is 28.7. The molecule has 3 aromatic heterocycles. The van der Waals surface area contributed by atoms with Gasteiger partial charge in [0.25, 0.3) is 0 Å². The minimum atomic E-state index is -1.04. The summed E-state index contributed by atoms with van der Waals surface area (Å²) in [4.78, 5) is 14.5. The van der Waals surface area contributed by atoms with E-state index in [1.54, 1.807) is 16.0 Å². The Balaban J connectivity index is 1.31. The van der Waals surface area contributed by atoms with Crippen LogP contribution in [0.2, 0.25) is 0 Å². The summed E-state index contributed by atoms with van der Waals surface area (Å²) in [7, 11) is 1.90. The van der Waals surface area contributed by atoms with E-state index in [-0.39, 0.29) is 12.6 Å². The molecule has 1 aliphatic carbocycles. The van der Waals surface area contributed by atoms with Crippen LogP contribution in [0.4, 0.5) is 11.8 Å². The number of para-hydroxylation sites is 1. The molecule has 0 amide bonds. The van der Waals surface area contributed by atoms with E-state index >= 15 is 0 Å². The lowest BCUT2D eigenvalue weighted by atomic mass is 10.0. The molecule has 1 saturated carbocycles. The zero-order valence-electron chi connectivity index (χ0n) is 23.1. The largest absolute Gasteiger partial charge is 0.396 e. The predicted molar refractivity (Wildman–Crippen MR) is 161 cm³/mol. The van der Waals surface area contributed by atoms with E-state index in [2.05, 4.69) is 46.9 Å². The van der Waals surface area contributed by atoms with Crippen molar-refractivity contribution >= 4 is 33.3 Å². The number of hydrogen-bond donors (Lipinski definition) is 5. The van der Waals surface area contributed by atoms with Gasteiger partial charge in [0.2, 0.25) is 5.95 Å². The van der Waals surface area contributed by atoms with Crippen LogP contribution in [0.15, 0.2) is 60.9 Å². The molecule has 0 saturated heterocycles. The molecule has 41 heavy (non-hydrogen) atoms. The second-order valence-electron chi connectivity index (χ2n) is 10.6. The van der Waals surface area contributed by atoms with Crippen molar-refractivity contribution in [1.82, 2.24) is 24.7 Å². The van der Waals surface area contributed by atoms with E-state index in [0.717, 1.165) is 43.2 Å². The number of nitrogens with one attached hydrogen (secondary N) is 2. The summed E-state index contributed by atoms with van der Waals surface area (Å²) in [5.41, 5.74) is 5.59. The lowest BCUT2D eigenvalue weighted by molar-refractivity contribution is 0.00446. The van der Waals surface area contributed by atoms with Crippen molar-refractivity contribution < 1.29 is 15.3 Å². The molecule has 0 aliphatic heterocycles. The molecule has 10 nitrogen and oxygen atoms in total. The molecule has 0 unspecified atom stereocenters. The Hall–Kier alpha value is -3.90. The van der Waals surface area contributed by atoms with Crippen LogP contribution < -0.4 is 10.6 Å². The van der Waals surface area contributed by atoms with E-state index in [0.29, 0.717) is 18.2 Å². The van der Waals surface area contributed by atoms with Crippen LogP contribution in [-0.4, -0.2) is 64.9 Å². The number of fused-ring (bicyclic) bond motifs is 1. The van der Waals surface area contributed by atoms with Gasteiger partial charge in [0, 0.05) is 31.3 Å². The Bertz CT molecular complexity index is 1640. The average Bonchev–Trinajstić information content (AvgIpc) is 3.66. The molecule has 0 radical (unpaired) electrons. The third-order valence-corrected chi connectivity index (χ3v) is 8.80. The highest BCUT2D eigenvalue weighted by Crippen LogP contribution is 2.38. The van der Waals surface area contributed by atoms with E-state index in [1.165, 1.54) is 0 Å². The van der Waals surface area contributed by atoms with Crippen LogP contribution in [-0.2, 0) is 7.05 Å². The lowest BCUT2D eigenvalue weighted by Crippen LogP contribution is -2.35. The van der Waals surface area contributed by atoms with Crippen LogP contribution in [0.25, 0.3) is 31.9 Å². The molecule has 3 heterocycles. The first kappa shape index (κ1) is 27.3. The number of benzene rings is 2. The molecule has 0 bridgehead atoms. The van der Waals surface area contributed by atoms with Crippen molar-refractivity contribution in [2.75, 3.05) is 17.2 Å². The molecule has 0 spiro atoms. The smallest absolute Gasteiger partial charge is 0.225 e. The second kappa shape index (κ2) is 11.2. The van der Waals surface area contributed by atoms with Gasteiger partial charge >= 0.3 is 0 Å². The third-order valence-electron chi connectivity index (χ3n) is 7.75. The predicted octanol–water partition coefficient (Wildman–Crippen LogP) is 4.15. The van der Waals surface area contributed by atoms with Crippen molar-refractivity contribution in [2.24, 2.45) is 13.0 Å². The SMILES string of the molecule is Cc1nc(N[C@H](C)c2ccc(-c3cnn(C)c3)cc2)nc(N[C@@H]2C[C@H](CO)[C@@H](O)[C@H]2O)c1-c1nc2ccccc2s1. The van der Waals surface area contributed by atoms with Crippen LogP contribution in [0.3, 0.4) is 0 Å². The first-order valence-corrected chi connectivity index (χ1v) is 14.5. The number of aliphatic hydroxyl groups excluding tert-OH is 3. The van der Waals surface area contributed by atoms with Crippen molar-refractivity contribution in [1.29, 1.82) is 0 Å². The Morgan fingerprint density at radius 1 is 1.02 bits per heavy atom. The van der Waals surface area contributed by atoms with Crippen LogP contribution in [0.5, 0.6) is 0 Å². The number of thiazole rings is 1. The van der Waals surface area contributed by atoms with E-state index in [1.807, 2.05) is 50.6 Å². The molecule has 5 atom stereocenters. The summed E-state index contributed by atoms with van der Waals surface area (Å²) in [5, 5.41) is 42.7. The monoisotopic (exact) mass is 571 g/mol. The summed E-state index contributed by atoms with van der Waals surface area (Å²) in [6.07, 6.45) is 2.18. The fourth-order valence-electron chi connectivity index (χ4n) is 5.41. The second-order valence-corrected chi connectivity index (χ2v) is 11.7. The van der Waals surface area contributed by atoms with Gasteiger partial charge in [0.15, 0.2) is 0 Å². The van der Waals surface area contributed by atoms with E-state index < -0.39 is 24.2 Å². The first-order valence-electron chi connectivity index (χ1n) is 13.6.